The van der Waals surface area contributed by atoms with Crippen molar-refractivity contribution in [2.24, 2.45) is 0 Å². The van der Waals surface area contributed by atoms with E-state index in [1.165, 1.54) is 0 Å². The minimum absolute atomic E-state index is 0.0175. The molecule has 0 amide bonds. The van der Waals surface area contributed by atoms with Gasteiger partial charge in [0.2, 0.25) is 0 Å². The van der Waals surface area contributed by atoms with Crippen LogP contribution in [0.5, 0.6) is 5.75 Å². The van der Waals surface area contributed by atoms with Gasteiger partial charge in [-0.15, -0.1) is 11.3 Å². The largest absolute Gasteiger partial charge is 0.488 e. The molecule has 0 bridgehead atoms. The molecule has 25 heavy (non-hydrogen) atoms. The molecule has 2 aromatic heterocycles. The van der Waals surface area contributed by atoms with Crippen LogP contribution < -0.4 is 4.74 Å². The first kappa shape index (κ1) is 17.1. The maximum Gasteiger partial charge on any atom is 0.186 e. The van der Waals surface area contributed by atoms with E-state index in [2.05, 4.69) is 4.98 Å². The van der Waals surface area contributed by atoms with Crippen molar-refractivity contribution in [3.63, 3.8) is 0 Å². The standard InChI is InChI=1S/C21H19NO2S/c1-15-12-19(16(2)25-15)20(23)10-9-18-7-3-4-8-21(18)24-14-17-6-5-11-22-13-17/h3-13H,14H2,1-2H3. The van der Waals surface area contributed by atoms with Gasteiger partial charge in [0.1, 0.15) is 12.4 Å². The van der Waals surface area contributed by atoms with E-state index in [0.29, 0.717) is 6.61 Å². The lowest BCUT2D eigenvalue weighted by Crippen LogP contribution is -1.98. The number of pyridine rings is 1. The summed E-state index contributed by atoms with van der Waals surface area (Å²) in [5.74, 6) is 0.762. The lowest BCUT2D eigenvalue weighted by Gasteiger charge is -2.09. The molecule has 0 N–H and O–H groups in total. The molecule has 0 aliphatic heterocycles. The number of rotatable bonds is 6. The molecule has 0 saturated heterocycles. The second-order valence-electron chi connectivity index (χ2n) is 5.71. The molecular formula is C21H19NO2S. The van der Waals surface area contributed by atoms with E-state index in [4.69, 9.17) is 4.74 Å². The normalized spacial score (nSPS) is 11.0. The number of carbonyl (C=O) groups excluding carboxylic acids is 1. The van der Waals surface area contributed by atoms with E-state index in [0.717, 1.165) is 32.2 Å². The maximum absolute atomic E-state index is 12.4. The zero-order valence-corrected chi connectivity index (χ0v) is 15.0. The summed E-state index contributed by atoms with van der Waals surface area (Å²) in [5, 5.41) is 0. The van der Waals surface area contributed by atoms with Crippen molar-refractivity contribution < 1.29 is 9.53 Å². The third-order valence-corrected chi connectivity index (χ3v) is 4.72. The molecule has 0 unspecified atom stereocenters. The Balaban J connectivity index is 1.74. The zero-order valence-electron chi connectivity index (χ0n) is 14.2. The van der Waals surface area contributed by atoms with Crippen molar-refractivity contribution in [3.8, 4) is 5.75 Å². The SMILES string of the molecule is Cc1cc(C(=O)C=Cc2ccccc2OCc2cccnc2)c(C)s1. The molecule has 0 fully saturated rings. The number of hydrogen-bond donors (Lipinski definition) is 0. The van der Waals surface area contributed by atoms with E-state index in [9.17, 15) is 4.79 Å². The number of ketones is 1. The van der Waals surface area contributed by atoms with Gasteiger partial charge < -0.3 is 4.74 Å². The molecule has 3 rings (SSSR count). The van der Waals surface area contributed by atoms with Crippen molar-refractivity contribution in [1.82, 2.24) is 4.98 Å². The first-order valence-electron chi connectivity index (χ1n) is 8.03. The number of para-hydroxylation sites is 1. The monoisotopic (exact) mass is 349 g/mol. The molecule has 0 saturated carbocycles. The third-order valence-electron chi connectivity index (χ3n) is 3.76. The minimum atomic E-state index is 0.0175. The van der Waals surface area contributed by atoms with Crippen LogP contribution in [0.2, 0.25) is 0 Å². The Labute approximate surface area is 151 Å². The van der Waals surface area contributed by atoms with Crippen molar-refractivity contribution in [2.75, 3.05) is 0 Å². The molecule has 4 heteroatoms. The van der Waals surface area contributed by atoms with E-state index < -0.39 is 0 Å². The maximum atomic E-state index is 12.4. The van der Waals surface area contributed by atoms with Gasteiger partial charge in [0.05, 0.1) is 0 Å². The number of allylic oxidation sites excluding steroid dienone is 1. The highest BCUT2D eigenvalue weighted by atomic mass is 32.1. The second-order valence-corrected chi connectivity index (χ2v) is 7.17. The Kier molecular flexibility index (Phi) is 5.41. The summed E-state index contributed by atoms with van der Waals surface area (Å²) >= 11 is 1.64. The molecule has 0 atom stereocenters. The number of ether oxygens (including phenoxy) is 1. The molecule has 1 aromatic carbocycles. The number of nitrogens with zero attached hydrogens (tertiary/aromatic N) is 1. The average molecular weight is 349 g/mol. The molecular weight excluding hydrogens is 330 g/mol. The van der Waals surface area contributed by atoms with Crippen LogP contribution >= 0.6 is 11.3 Å². The van der Waals surface area contributed by atoms with Crippen molar-refractivity contribution in [2.45, 2.75) is 20.5 Å². The van der Waals surface area contributed by atoms with Crippen LogP contribution in [0, 0.1) is 13.8 Å². The van der Waals surface area contributed by atoms with Gasteiger partial charge in [-0.25, -0.2) is 0 Å². The zero-order chi connectivity index (χ0) is 17.6. The average Bonchev–Trinajstić information content (AvgIpc) is 2.98. The quantitative estimate of drug-likeness (QED) is 0.451. The van der Waals surface area contributed by atoms with Gasteiger partial charge in [-0.1, -0.05) is 24.3 Å². The molecule has 2 heterocycles. The summed E-state index contributed by atoms with van der Waals surface area (Å²) in [5.41, 5.74) is 2.65. The van der Waals surface area contributed by atoms with Gasteiger partial charge in [-0.3, -0.25) is 9.78 Å². The van der Waals surface area contributed by atoms with E-state index in [1.807, 2.05) is 62.4 Å². The van der Waals surface area contributed by atoms with Crippen LogP contribution in [0.1, 0.15) is 31.2 Å². The van der Waals surface area contributed by atoms with Crippen molar-refractivity contribution in [3.05, 3.63) is 87.4 Å². The fourth-order valence-electron chi connectivity index (χ4n) is 2.52. The van der Waals surface area contributed by atoms with Crippen LogP contribution in [0.3, 0.4) is 0 Å². The second kappa shape index (κ2) is 7.90. The summed E-state index contributed by atoms with van der Waals surface area (Å²) < 4.78 is 5.89. The van der Waals surface area contributed by atoms with E-state index >= 15 is 0 Å². The highest BCUT2D eigenvalue weighted by molar-refractivity contribution is 7.12. The highest BCUT2D eigenvalue weighted by Crippen LogP contribution is 2.23. The molecule has 3 aromatic rings. The Hall–Kier alpha value is -2.72. The van der Waals surface area contributed by atoms with E-state index in [-0.39, 0.29) is 5.78 Å². The molecule has 126 valence electrons. The van der Waals surface area contributed by atoms with Gasteiger partial charge in [-0.05, 0) is 44.2 Å². The third kappa shape index (κ3) is 4.43. The lowest BCUT2D eigenvalue weighted by atomic mass is 10.1. The van der Waals surface area contributed by atoms with Gasteiger partial charge in [0.15, 0.2) is 5.78 Å². The molecule has 0 aliphatic rings. The number of thiophene rings is 1. The molecule has 0 aliphatic carbocycles. The van der Waals surface area contributed by atoms with Crippen molar-refractivity contribution >= 4 is 23.2 Å². The molecule has 3 nitrogen and oxygen atoms in total. The fourth-order valence-corrected chi connectivity index (χ4v) is 3.45. The summed E-state index contributed by atoms with van der Waals surface area (Å²) in [6.45, 7) is 4.43. The van der Waals surface area contributed by atoms with E-state index in [1.54, 1.807) is 29.8 Å². The van der Waals surface area contributed by atoms with Crippen LogP contribution in [0.25, 0.3) is 6.08 Å². The summed E-state index contributed by atoms with van der Waals surface area (Å²) in [6.07, 6.45) is 6.94. The Morgan fingerprint density at radius 1 is 1.20 bits per heavy atom. The molecule has 0 spiro atoms. The van der Waals surface area contributed by atoms with Gasteiger partial charge in [0, 0.05) is 38.8 Å². The topological polar surface area (TPSA) is 39.2 Å². The number of hydrogen-bond acceptors (Lipinski definition) is 4. The number of carbonyl (C=O) groups is 1. The highest BCUT2D eigenvalue weighted by Gasteiger charge is 2.09. The fraction of sp³-hybridized carbons (Fsp3) is 0.143. The van der Waals surface area contributed by atoms with Crippen LogP contribution in [-0.4, -0.2) is 10.8 Å². The minimum Gasteiger partial charge on any atom is -0.488 e. The summed E-state index contributed by atoms with van der Waals surface area (Å²) in [7, 11) is 0. The molecule has 0 radical (unpaired) electrons. The number of benzene rings is 1. The predicted molar refractivity (Wildman–Crippen MR) is 102 cm³/mol. The predicted octanol–water partition coefficient (Wildman–Crippen LogP) is 5.24. The Morgan fingerprint density at radius 3 is 2.76 bits per heavy atom. The van der Waals surface area contributed by atoms with Gasteiger partial charge in [-0.2, -0.15) is 0 Å². The van der Waals surface area contributed by atoms with Gasteiger partial charge in [0.25, 0.3) is 0 Å². The smallest absolute Gasteiger partial charge is 0.186 e. The summed E-state index contributed by atoms with van der Waals surface area (Å²) in [4.78, 5) is 18.7. The number of aryl methyl sites for hydroxylation is 2. The summed E-state index contributed by atoms with van der Waals surface area (Å²) in [6, 6.07) is 13.5. The van der Waals surface area contributed by atoms with Crippen molar-refractivity contribution in [1.29, 1.82) is 0 Å². The lowest BCUT2D eigenvalue weighted by molar-refractivity contribution is 0.104. The Morgan fingerprint density at radius 2 is 2.04 bits per heavy atom. The first-order valence-corrected chi connectivity index (χ1v) is 8.85. The van der Waals surface area contributed by atoms with Crippen LogP contribution in [0.4, 0.5) is 0 Å². The van der Waals surface area contributed by atoms with Crippen LogP contribution in [0.15, 0.2) is 60.9 Å². The first-order chi connectivity index (χ1) is 12.1. The van der Waals surface area contributed by atoms with Crippen LogP contribution in [-0.2, 0) is 6.61 Å². The van der Waals surface area contributed by atoms with Gasteiger partial charge >= 0.3 is 0 Å². The Bertz CT molecular complexity index is 897. The number of aromatic nitrogens is 1.